The van der Waals surface area contributed by atoms with Crippen LogP contribution in [0.5, 0.6) is 0 Å². The van der Waals surface area contributed by atoms with Gasteiger partial charge in [-0.2, -0.15) is 0 Å². The molecule has 2 aromatic rings. The lowest BCUT2D eigenvalue weighted by Crippen LogP contribution is -2.16. The lowest BCUT2D eigenvalue weighted by atomic mass is 10.1. The van der Waals surface area contributed by atoms with Crippen molar-refractivity contribution in [3.05, 3.63) is 52.0 Å². The van der Waals surface area contributed by atoms with Crippen LogP contribution in [-0.2, 0) is 22.6 Å². The highest BCUT2D eigenvalue weighted by Gasteiger charge is 2.16. The molecule has 0 atom stereocenters. The predicted molar refractivity (Wildman–Crippen MR) is 84.6 cm³/mol. The normalized spacial score (nSPS) is 10.4. The zero-order valence-electron chi connectivity index (χ0n) is 12.9. The van der Waals surface area contributed by atoms with E-state index in [2.05, 4.69) is 10.3 Å². The minimum absolute atomic E-state index is 0.0791. The smallest absolute Gasteiger partial charge is 0.381 e. The Labute approximate surface area is 137 Å². The van der Waals surface area contributed by atoms with Crippen LogP contribution in [0.15, 0.2) is 30.5 Å². The summed E-state index contributed by atoms with van der Waals surface area (Å²) in [6, 6.07) is 6.66. The molecule has 0 aliphatic rings. The van der Waals surface area contributed by atoms with Crippen LogP contribution in [0.1, 0.15) is 17.8 Å². The summed E-state index contributed by atoms with van der Waals surface area (Å²) in [5.41, 5.74) is 0.950. The van der Waals surface area contributed by atoms with Crippen LogP contribution in [-0.4, -0.2) is 31.5 Å². The van der Waals surface area contributed by atoms with Crippen molar-refractivity contribution in [2.75, 3.05) is 5.32 Å². The molecule has 0 aliphatic heterocycles. The Morgan fingerprint density at radius 1 is 1.38 bits per heavy atom. The van der Waals surface area contributed by atoms with Crippen LogP contribution >= 0.6 is 0 Å². The Kier molecular flexibility index (Phi) is 5.25. The van der Waals surface area contributed by atoms with E-state index < -0.39 is 10.9 Å². The Hall–Kier alpha value is -3.23. The van der Waals surface area contributed by atoms with E-state index in [1.165, 1.54) is 10.8 Å². The standard InChI is InChI=1S/C15H16N4O5/c1-10-16-13(19(23)24)9-18(10)7-6-14(20)17-12-5-3-2-4-11(12)8-15(21)22/h2-5,9H,6-8H2,1H3,(H,17,20)(H,21,22). The van der Waals surface area contributed by atoms with Crippen molar-refractivity contribution >= 4 is 23.4 Å². The number of aryl methyl sites for hydroxylation is 2. The molecule has 126 valence electrons. The maximum absolute atomic E-state index is 12.0. The fourth-order valence-electron chi connectivity index (χ4n) is 2.20. The number of nitrogens with zero attached hydrogens (tertiary/aromatic N) is 3. The number of aromatic nitrogens is 2. The molecular weight excluding hydrogens is 316 g/mol. The largest absolute Gasteiger partial charge is 0.481 e. The molecule has 0 unspecified atom stereocenters. The van der Waals surface area contributed by atoms with Gasteiger partial charge in [-0.1, -0.05) is 18.2 Å². The van der Waals surface area contributed by atoms with Crippen molar-refractivity contribution in [1.29, 1.82) is 0 Å². The van der Waals surface area contributed by atoms with E-state index in [1.54, 1.807) is 31.2 Å². The molecule has 1 aromatic heterocycles. The minimum atomic E-state index is -0.988. The molecule has 0 fully saturated rings. The maximum Gasteiger partial charge on any atom is 0.381 e. The number of amides is 1. The molecule has 0 bridgehead atoms. The molecule has 0 spiro atoms. The Bertz CT molecular complexity index is 784. The number of benzene rings is 1. The van der Waals surface area contributed by atoms with Gasteiger partial charge in [0.15, 0.2) is 0 Å². The number of hydrogen-bond donors (Lipinski definition) is 2. The van der Waals surface area contributed by atoms with Crippen molar-refractivity contribution in [2.24, 2.45) is 0 Å². The highest BCUT2D eigenvalue weighted by atomic mass is 16.6. The molecule has 2 rings (SSSR count). The summed E-state index contributed by atoms with van der Waals surface area (Å²) >= 11 is 0. The highest BCUT2D eigenvalue weighted by molar-refractivity contribution is 5.92. The van der Waals surface area contributed by atoms with E-state index in [0.717, 1.165) is 0 Å². The second kappa shape index (κ2) is 7.36. The monoisotopic (exact) mass is 332 g/mol. The molecule has 0 aliphatic carbocycles. The molecule has 2 N–H and O–H groups in total. The first-order valence-corrected chi connectivity index (χ1v) is 7.14. The first kappa shape index (κ1) is 17.1. The number of carboxylic acid groups (broad SMARTS) is 1. The number of aliphatic carboxylic acids is 1. The van der Waals surface area contributed by atoms with Crippen molar-refractivity contribution in [1.82, 2.24) is 9.55 Å². The number of rotatable bonds is 7. The zero-order valence-corrected chi connectivity index (χ0v) is 12.9. The lowest BCUT2D eigenvalue weighted by molar-refractivity contribution is -0.389. The number of hydrogen-bond acceptors (Lipinski definition) is 5. The van der Waals surface area contributed by atoms with Gasteiger partial charge in [-0.25, -0.2) is 0 Å². The van der Waals surface area contributed by atoms with Gasteiger partial charge in [-0.15, -0.1) is 0 Å². The van der Waals surface area contributed by atoms with E-state index >= 15 is 0 Å². The number of carboxylic acids is 1. The molecule has 0 radical (unpaired) electrons. The van der Waals surface area contributed by atoms with Gasteiger partial charge in [0.05, 0.1) is 6.42 Å². The summed E-state index contributed by atoms with van der Waals surface area (Å²) in [4.78, 5) is 36.8. The molecule has 9 heteroatoms. The quantitative estimate of drug-likeness (QED) is 0.587. The Morgan fingerprint density at radius 3 is 2.71 bits per heavy atom. The first-order chi connectivity index (χ1) is 11.4. The molecular formula is C15H16N4O5. The summed E-state index contributed by atoms with van der Waals surface area (Å²) in [6.07, 6.45) is 1.17. The van der Waals surface area contributed by atoms with Crippen LogP contribution < -0.4 is 5.32 Å². The number of imidazole rings is 1. The van der Waals surface area contributed by atoms with Crippen molar-refractivity contribution in [3.63, 3.8) is 0 Å². The number of carbonyl (C=O) groups excluding carboxylic acids is 1. The minimum Gasteiger partial charge on any atom is -0.481 e. The third-order valence-corrected chi connectivity index (χ3v) is 3.36. The van der Waals surface area contributed by atoms with Gasteiger partial charge in [-0.05, 0) is 21.5 Å². The van der Waals surface area contributed by atoms with Crippen LogP contribution in [0.2, 0.25) is 0 Å². The van der Waals surface area contributed by atoms with Gasteiger partial charge in [0.25, 0.3) is 0 Å². The van der Waals surface area contributed by atoms with Gasteiger partial charge >= 0.3 is 11.8 Å². The summed E-state index contributed by atoms with van der Waals surface area (Å²) in [5.74, 6) is -1.12. The van der Waals surface area contributed by atoms with E-state index in [4.69, 9.17) is 5.11 Å². The van der Waals surface area contributed by atoms with E-state index in [0.29, 0.717) is 17.1 Å². The van der Waals surface area contributed by atoms with Crippen LogP contribution in [0.25, 0.3) is 0 Å². The second-order valence-corrected chi connectivity index (χ2v) is 5.12. The number of carbonyl (C=O) groups is 2. The van der Waals surface area contributed by atoms with Gasteiger partial charge in [0.2, 0.25) is 11.7 Å². The maximum atomic E-state index is 12.0. The first-order valence-electron chi connectivity index (χ1n) is 7.14. The fraction of sp³-hybridized carbons (Fsp3) is 0.267. The Morgan fingerprint density at radius 2 is 2.08 bits per heavy atom. The van der Waals surface area contributed by atoms with Gasteiger partial charge in [0.1, 0.15) is 6.20 Å². The predicted octanol–water partition coefficient (Wildman–Crippen LogP) is 1.76. The average molecular weight is 332 g/mol. The Balaban J connectivity index is 1.99. The van der Waals surface area contributed by atoms with Crippen LogP contribution in [0.4, 0.5) is 11.5 Å². The molecule has 0 saturated heterocycles. The topological polar surface area (TPSA) is 127 Å². The van der Waals surface area contributed by atoms with E-state index in [9.17, 15) is 19.7 Å². The molecule has 9 nitrogen and oxygen atoms in total. The summed E-state index contributed by atoms with van der Waals surface area (Å²) in [6.45, 7) is 1.85. The van der Waals surface area contributed by atoms with Crippen molar-refractivity contribution in [2.45, 2.75) is 26.3 Å². The zero-order chi connectivity index (χ0) is 17.7. The second-order valence-electron chi connectivity index (χ2n) is 5.12. The average Bonchev–Trinajstić information content (AvgIpc) is 2.88. The third kappa shape index (κ3) is 4.38. The number of para-hydroxylation sites is 1. The van der Waals surface area contributed by atoms with Gasteiger partial charge in [-0.3, -0.25) is 9.59 Å². The number of anilines is 1. The lowest BCUT2D eigenvalue weighted by Gasteiger charge is -2.10. The fourth-order valence-corrected chi connectivity index (χ4v) is 2.20. The SMILES string of the molecule is Cc1nc([N+](=O)[O-])cn1CCC(=O)Nc1ccccc1CC(=O)O. The highest BCUT2D eigenvalue weighted by Crippen LogP contribution is 2.16. The van der Waals surface area contributed by atoms with E-state index in [-0.39, 0.29) is 31.1 Å². The van der Waals surface area contributed by atoms with E-state index in [1.807, 2.05) is 0 Å². The van der Waals surface area contributed by atoms with Crippen LogP contribution in [0, 0.1) is 17.0 Å². The van der Waals surface area contributed by atoms with Gasteiger partial charge < -0.3 is 25.1 Å². The molecule has 1 aromatic carbocycles. The summed E-state index contributed by atoms with van der Waals surface area (Å²) in [7, 11) is 0. The van der Waals surface area contributed by atoms with Crippen LogP contribution in [0.3, 0.4) is 0 Å². The van der Waals surface area contributed by atoms with Crippen molar-refractivity contribution < 1.29 is 19.6 Å². The molecule has 1 amide bonds. The molecule has 1 heterocycles. The molecule has 0 saturated carbocycles. The summed E-state index contributed by atoms with van der Waals surface area (Å²) < 4.78 is 1.53. The number of nitrogens with one attached hydrogen (secondary N) is 1. The summed E-state index contributed by atoms with van der Waals surface area (Å²) in [5, 5.41) is 22.2. The van der Waals surface area contributed by atoms with Gasteiger partial charge in [0, 0.05) is 25.6 Å². The number of nitro groups is 1. The third-order valence-electron chi connectivity index (χ3n) is 3.36. The van der Waals surface area contributed by atoms with Crippen molar-refractivity contribution in [3.8, 4) is 0 Å². The molecule has 24 heavy (non-hydrogen) atoms.